The van der Waals surface area contributed by atoms with Crippen LogP contribution in [0.25, 0.3) is 5.65 Å². The minimum Gasteiger partial charge on any atom is -0.365 e. The van der Waals surface area contributed by atoms with Crippen molar-refractivity contribution >= 4 is 28.7 Å². The first-order valence-electron chi connectivity index (χ1n) is 10.7. The maximum atomic E-state index is 12.6. The number of carbonyl (C=O) groups is 1. The number of benzene rings is 1. The highest BCUT2D eigenvalue weighted by molar-refractivity contribution is 5.94. The van der Waals surface area contributed by atoms with Gasteiger partial charge in [0.2, 0.25) is 0 Å². The third kappa shape index (κ3) is 3.95. The van der Waals surface area contributed by atoms with E-state index in [2.05, 4.69) is 26.0 Å². The Kier molecular flexibility index (Phi) is 5.23. The molecule has 5 rings (SSSR count). The van der Waals surface area contributed by atoms with Gasteiger partial charge in [0.1, 0.15) is 5.82 Å². The molecule has 0 bridgehead atoms. The third-order valence-electron chi connectivity index (χ3n) is 5.81. The molecule has 3 aromatic rings. The normalized spacial score (nSPS) is 19.2. The Morgan fingerprint density at radius 3 is 2.73 bits per heavy atom. The summed E-state index contributed by atoms with van der Waals surface area (Å²) < 4.78 is 1.78. The van der Waals surface area contributed by atoms with Crippen molar-refractivity contribution in [3.63, 3.8) is 0 Å². The molecule has 0 saturated carbocycles. The van der Waals surface area contributed by atoms with Crippen LogP contribution in [0, 0.1) is 0 Å². The van der Waals surface area contributed by atoms with Crippen LogP contribution in [0.1, 0.15) is 36.0 Å². The molecule has 8 heteroatoms. The van der Waals surface area contributed by atoms with Gasteiger partial charge in [-0.2, -0.15) is 0 Å². The van der Waals surface area contributed by atoms with Gasteiger partial charge in [0.05, 0.1) is 5.69 Å². The molecule has 1 aromatic carbocycles. The lowest BCUT2D eigenvalue weighted by molar-refractivity contribution is 0.0793. The predicted molar refractivity (Wildman–Crippen MR) is 117 cm³/mol. The Hall–Kier alpha value is -3.13. The van der Waals surface area contributed by atoms with Gasteiger partial charge < -0.3 is 20.9 Å². The van der Waals surface area contributed by atoms with Crippen LogP contribution >= 0.6 is 0 Å². The molecule has 1 amide bonds. The number of likely N-dealkylation sites (tertiary alicyclic amines) is 1. The predicted octanol–water partition coefficient (Wildman–Crippen LogP) is 2.87. The number of aromatic nitrogens is 3. The second-order valence-electron chi connectivity index (χ2n) is 8.03. The average Bonchev–Trinajstić information content (AvgIpc) is 3.47. The summed E-state index contributed by atoms with van der Waals surface area (Å²) in [5.74, 6) is 0.934. The fourth-order valence-electron chi connectivity index (χ4n) is 4.22. The molecule has 156 valence electrons. The van der Waals surface area contributed by atoms with Crippen LogP contribution in [0.5, 0.6) is 0 Å². The minimum absolute atomic E-state index is 0.117. The SMILES string of the molecule is O=C(c1ccc(Nc2cc(N[C@H]3CCCNC3)nn3ccnc23)cc1)N1CCCC1. The van der Waals surface area contributed by atoms with Gasteiger partial charge in [0.15, 0.2) is 5.65 Å². The molecule has 2 fully saturated rings. The number of nitrogens with one attached hydrogen (secondary N) is 3. The van der Waals surface area contributed by atoms with Crippen molar-refractivity contribution in [3.8, 4) is 0 Å². The van der Waals surface area contributed by atoms with Crippen LogP contribution in [0.15, 0.2) is 42.7 Å². The van der Waals surface area contributed by atoms with E-state index in [4.69, 9.17) is 0 Å². The highest BCUT2D eigenvalue weighted by Gasteiger charge is 2.19. The van der Waals surface area contributed by atoms with Crippen LogP contribution in [0.2, 0.25) is 0 Å². The topological polar surface area (TPSA) is 86.6 Å². The van der Waals surface area contributed by atoms with Crippen LogP contribution in [-0.4, -0.2) is 57.6 Å². The lowest BCUT2D eigenvalue weighted by atomic mass is 10.1. The molecule has 4 heterocycles. The number of piperidine rings is 1. The summed E-state index contributed by atoms with van der Waals surface area (Å²) in [6.07, 6.45) is 8.09. The minimum atomic E-state index is 0.117. The highest BCUT2D eigenvalue weighted by atomic mass is 16.2. The zero-order chi connectivity index (χ0) is 20.3. The number of amides is 1. The van der Waals surface area contributed by atoms with E-state index < -0.39 is 0 Å². The van der Waals surface area contributed by atoms with Gasteiger partial charge in [-0.1, -0.05) is 0 Å². The van der Waals surface area contributed by atoms with Crippen LogP contribution in [0.4, 0.5) is 17.2 Å². The average molecular weight is 406 g/mol. The van der Waals surface area contributed by atoms with E-state index in [1.807, 2.05) is 41.4 Å². The second kappa shape index (κ2) is 8.31. The Bertz CT molecular complexity index is 1020. The number of hydrogen-bond donors (Lipinski definition) is 3. The summed E-state index contributed by atoms with van der Waals surface area (Å²) >= 11 is 0. The van der Waals surface area contributed by atoms with Crippen molar-refractivity contribution in [3.05, 3.63) is 48.3 Å². The summed E-state index contributed by atoms with van der Waals surface area (Å²) in [6, 6.07) is 10.0. The summed E-state index contributed by atoms with van der Waals surface area (Å²) in [5.41, 5.74) is 3.28. The number of carbonyl (C=O) groups excluding carboxylic acids is 1. The summed E-state index contributed by atoms with van der Waals surface area (Å²) in [7, 11) is 0. The van der Waals surface area contributed by atoms with Gasteiger partial charge in [-0.3, -0.25) is 4.79 Å². The largest absolute Gasteiger partial charge is 0.365 e. The maximum absolute atomic E-state index is 12.6. The Balaban J connectivity index is 1.35. The Morgan fingerprint density at radius 1 is 1.13 bits per heavy atom. The number of hydrogen-bond acceptors (Lipinski definition) is 6. The number of imidazole rings is 1. The lowest BCUT2D eigenvalue weighted by Crippen LogP contribution is -2.38. The van der Waals surface area contributed by atoms with E-state index in [-0.39, 0.29) is 5.91 Å². The van der Waals surface area contributed by atoms with Gasteiger partial charge >= 0.3 is 0 Å². The van der Waals surface area contributed by atoms with Crippen molar-refractivity contribution in [1.29, 1.82) is 0 Å². The van der Waals surface area contributed by atoms with Crippen LogP contribution in [-0.2, 0) is 0 Å². The maximum Gasteiger partial charge on any atom is 0.253 e. The zero-order valence-corrected chi connectivity index (χ0v) is 17.0. The van der Waals surface area contributed by atoms with Gasteiger partial charge in [-0.05, 0) is 56.5 Å². The highest BCUT2D eigenvalue weighted by Crippen LogP contribution is 2.25. The molecule has 0 aliphatic carbocycles. The summed E-state index contributed by atoms with van der Waals surface area (Å²) in [6.45, 7) is 3.74. The molecule has 30 heavy (non-hydrogen) atoms. The van der Waals surface area contributed by atoms with E-state index in [1.54, 1.807) is 10.7 Å². The molecule has 2 saturated heterocycles. The van der Waals surface area contributed by atoms with Gasteiger partial charge in [-0.25, -0.2) is 9.50 Å². The zero-order valence-electron chi connectivity index (χ0n) is 17.0. The number of fused-ring (bicyclic) bond motifs is 1. The molecule has 3 N–H and O–H groups in total. The molecule has 8 nitrogen and oxygen atoms in total. The van der Waals surface area contributed by atoms with E-state index in [1.165, 1.54) is 6.42 Å². The molecule has 2 aliphatic heterocycles. The fraction of sp³-hybridized carbons (Fsp3) is 0.409. The smallest absolute Gasteiger partial charge is 0.253 e. The van der Waals surface area contributed by atoms with Gasteiger partial charge in [0, 0.05) is 55.4 Å². The van der Waals surface area contributed by atoms with Crippen molar-refractivity contribution in [2.75, 3.05) is 36.8 Å². The van der Waals surface area contributed by atoms with Crippen molar-refractivity contribution in [2.45, 2.75) is 31.7 Å². The van der Waals surface area contributed by atoms with Crippen molar-refractivity contribution in [2.24, 2.45) is 0 Å². The molecule has 0 spiro atoms. The number of rotatable bonds is 5. The van der Waals surface area contributed by atoms with Gasteiger partial charge in [-0.15, -0.1) is 5.10 Å². The molecule has 0 unspecified atom stereocenters. The first kappa shape index (κ1) is 18.9. The second-order valence-corrected chi connectivity index (χ2v) is 8.03. The first-order valence-corrected chi connectivity index (χ1v) is 10.7. The lowest BCUT2D eigenvalue weighted by Gasteiger charge is -2.24. The molecule has 0 radical (unpaired) electrons. The van der Waals surface area contributed by atoms with Gasteiger partial charge in [0.25, 0.3) is 5.91 Å². The Morgan fingerprint density at radius 2 is 1.97 bits per heavy atom. The quantitative estimate of drug-likeness (QED) is 0.605. The first-order chi connectivity index (χ1) is 14.8. The monoisotopic (exact) mass is 405 g/mol. The molecule has 2 aromatic heterocycles. The standard InChI is InChI=1S/C22H27N7O/c30-22(28-11-1-2-12-28)16-5-7-17(8-6-16)25-19-14-20(26-18-4-3-9-23-15-18)27-29-13-10-24-21(19)29/h5-8,10,13-14,18,23,25H,1-4,9,11-12,15H2,(H,26,27)/t18-/m0/s1. The number of anilines is 3. The molecule has 1 atom stereocenters. The van der Waals surface area contributed by atoms with Crippen molar-refractivity contribution < 1.29 is 4.79 Å². The molecule has 2 aliphatic rings. The molecular formula is C22H27N7O. The Labute approximate surface area is 175 Å². The summed E-state index contributed by atoms with van der Waals surface area (Å²) in [4.78, 5) is 18.9. The van der Waals surface area contributed by atoms with Crippen LogP contribution in [0.3, 0.4) is 0 Å². The van der Waals surface area contributed by atoms with E-state index in [9.17, 15) is 4.79 Å². The fourth-order valence-corrected chi connectivity index (χ4v) is 4.22. The van der Waals surface area contributed by atoms with E-state index in [0.717, 1.165) is 73.8 Å². The van der Waals surface area contributed by atoms with Crippen LogP contribution < -0.4 is 16.0 Å². The number of nitrogens with zero attached hydrogens (tertiary/aromatic N) is 4. The van der Waals surface area contributed by atoms with E-state index >= 15 is 0 Å². The van der Waals surface area contributed by atoms with E-state index in [0.29, 0.717) is 6.04 Å². The molecular weight excluding hydrogens is 378 g/mol. The summed E-state index contributed by atoms with van der Waals surface area (Å²) in [5, 5.41) is 15.0. The van der Waals surface area contributed by atoms with Crippen molar-refractivity contribution in [1.82, 2.24) is 24.8 Å². The third-order valence-corrected chi connectivity index (χ3v) is 5.81.